The van der Waals surface area contributed by atoms with E-state index >= 15 is 0 Å². The minimum absolute atomic E-state index is 0.0428. The number of carbonyl (C=O) groups excluding carboxylic acids is 1. The van der Waals surface area contributed by atoms with E-state index in [1.807, 2.05) is 32.0 Å². The Kier molecular flexibility index (Phi) is 5.82. The Hall–Kier alpha value is -3.85. The van der Waals surface area contributed by atoms with Crippen molar-refractivity contribution >= 4 is 32.5 Å². The number of hydrogen-bond donors (Lipinski definition) is 2. The first-order chi connectivity index (χ1) is 15.7. The molecule has 0 unspecified atom stereocenters. The van der Waals surface area contributed by atoms with Gasteiger partial charge in [-0.3, -0.25) is 13.9 Å². The minimum atomic E-state index is -3.95. The molecule has 0 atom stereocenters. The lowest BCUT2D eigenvalue weighted by Crippen LogP contribution is -2.29. The van der Waals surface area contributed by atoms with Crippen molar-refractivity contribution in [3.8, 4) is 0 Å². The number of pyridine rings is 1. The molecule has 2 N–H and O–H groups in total. The van der Waals surface area contributed by atoms with Gasteiger partial charge in [0, 0.05) is 24.1 Å². The number of furan rings is 1. The summed E-state index contributed by atoms with van der Waals surface area (Å²) in [5, 5.41) is 2.73. The van der Waals surface area contributed by atoms with Gasteiger partial charge in [-0.1, -0.05) is 18.2 Å². The maximum atomic E-state index is 13.4. The quantitative estimate of drug-likeness (QED) is 0.453. The summed E-state index contributed by atoms with van der Waals surface area (Å²) in [5.74, 6) is -0.0426. The van der Waals surface area contributed by atoms with Crippen molar-refractivity contribution in [3.05, 3.63) is 93.7 Å². The maximum absolute atomic E-state index is 13.4. The fraction of sp³-hybridized carbons (Fsp3) is 0.167. The highest BCUT2D eigenvalue weighted by molar-refractivity contribution is 7.92. The van der Waals surface area contributed by atoms with Crippen LogP contribution in [0.1, 0.15) is 27.2 Å². The number of aromatic amines is 1. The number of amides is 1. The van der Waals surface area contributed by atoms with Crippen molar-refractivity contribution in [2.24, 2.45) is 0 Å². The van der Waals surface area contributed by atoms with Gasteiger partial charge in [-0.2, -0.15) is 0 Å². The van der Waals surface area contributed by atoms with Crippen LogP contribution in [-0.4, -0.2) is 26.4 Å². The zero-order valence-electron chi connectivity index (χ0n) is 18.4. The summed E-state index contributed by atoms with van der Waals surface area (Å²) in [6, 6.07) is 13.2. The number of hydrogen-bond acceptors (Lipinski definition) is 5. The van der Waals surface area contributed by atoms with Crippen LogP contribution in [0.3, 0.4) is 0 Å². The number of fused-ring (bicyclic) bond motifs is 1. The second kappa shape index (κ2) is 8.59. The molecule has 0 saturated heterocycles. The first kappa shape index (κ1) is 22.3. The van der Waals surface area contributed by atoms with Gasteiger partial charge in [0.25, 0.3) is 15.9 Å². The van der Waals surface area contributed by atoms with Crippen molar-refractivity contribution in [1.29, 1.82) is 0 Å². The fourth-order valence-electron chi connectivity index (χ4n) is 3.78. The third-order valence-electron chi connectivity index (χ3n) is 5.51. The molecule has 8 nitrogen and oxygen atoms in total. The molecular formula is C24H23N3O5S. The van der Waals surface area contributed by atoms with Gasteiger partial charge < -0.3 is 14.7 Å². The van der Waals surface area contributed by atoms with Gasteiger partial charge in [0.2, 0.25) is 5.43 Å². The van der Waals surface area contributed by atoms with E-state index in [2.05, 4.69) is 10.3 Å². The van der Waals surface area contributed by atoms with Crippen LogP contribution < -0.4 is 15.1 Å². The monoisotopic (exact) mass is 465 g/mol. The molecule has 4 aromatic rings. The summed E-state index contributed by atoms with van der Waals surface area (Å²) < 4.78 is 33.1. The number of nitrogens with one attached hydrogen (secondary N) is 2. The smallest absolute Gasteiger partial charge is 0.264 e. The summed E-state index contributed by atoms with van der Waals surface area (Å²) >= 11 is 0. The molecule has 9 heteroatoms. The molecule has 4 rings (SSSR count). The van der Waals surface area contributed by atoms with Crippen LogP contribution in [0.15, 0.2) is 75.1 Å². The van der Waals surface area contributed by atoms with Gasteiger partial charge in [0.1, 0.15) is 11.3 Å². The van der Waals surface area contributed by atoms with Crippen LogP contribution in [0.5, 0.6) is 0 Å². The van der Waals surface area contributed by atoms with E-state index in [0.717, 1.165) is 11.1 Å². The summed E-state index contributed by atoms with van der Waals surface area (Å²) in [7, 11) is -2.47. The van der Waals surface area contributed by atoms with Crippen LogP contribution in [0.2, 0.25) is 0 Å². The zero-order chi connectivity index (χ0) is 23.8. The number of para-hydroxylation sites is 1. The number of rotatable bonds is 6. The predicted octanol–water partition coefficient (Wildman–Crippen LogP) is 3.49. The highest BCUT2D eigenvalue weighted by atomic mass is 32.2. The lowest BCUT2D eigenvalue weighted by atomic mass is 10.1. The Labute approximate surface area is 190 Å². The molecule has 0 saturated carbocycles. The third-order valence-corrected chi connectivity index (χ3v) is 7.27. The second-order valence-corrected chi connectivity index (χ2v) is 9.68. The Bertz CT molecular complexity index is 1480. The molecular weight excluding hydrogens is 442 g/mol. The number of aryl methyl sites for hydroxylation is 2. The number of nitrogens with zero attached hydrogens (tertiary/aromatic N) is 1. The number of carbonyl (C=O) groups is 1. The molecule has 170 valence electrons. The Morgan fingerprint density at radius 1 is 1.09 bits per heavy atom. The SMILES string of the molecule is Cc1cccc(C)c1N(C)S(=O)(=O)c1ccc2[nH]cc(C(=O)NCc3ccco3)c(=O)c2c1. The lowest BCUT2D eigenvalue weighted by Gasteiger charge is -2.23. The van der Waals surface area contributed by atoms with E-state index in [-0.39, 0.29) is 22.4 Å². The Morgan fingerprint density at radius 3 is 2.48 bits per heavy atom. The highest BCUT2D eigenvalue weighted by Gasteiger charge is 2.25. The topological polar surface area (TPSA) is 112 Å². The number of H-pyrrole nitrogens is 1. The molecule has 0 aliphatic heterocycles. The third kappa shape index (κ3) is 4.14. The van der Waals surface area contributed by atoms with E-state index in [9.17, 15) is 18.0 Å². The van der Waals surface area contributed by atoms with Gasteiger partial charge in [0.05, 0.1) is 23.4 Å². The Morgan fingerprint density at radius 2 is 1.82 bits per heavy atom. The molecule has 0 aliphatic rings. The summed E-state index contributed by atoms with van der Waals surface area (Å²) in [4.78, 5) is 28.5. The largest absolute Gasteiger partial charge is 0.467 e. The van der Waals surface area contributed by atoms with Gasteiger partial charge in [-0.25, -0.2) is 8.42 Å². The summed E-state index contributed by atoms with van der Waals surface area (Å²) in [6.45, 7) is 3.80. The molecule has 0 bridgehead atoms. The van der Waals surface area contributed by atoms with E-state index in [0.29, 0.717) is 17.0 Å². The van der Waals surface area contributed by atoms with E-state index in [1.54, 1.807) is 12.1 Å². The van der Waals surface area contributed by atoms with Crippen molar-refractivity contribution in [2.45, 2.75) is 25.3 Å². The van der Waals surface area contributed by atoms with Gasteiger partial charge in [-0.15, -0.1) is 0 Å². The summed E-state index contributed by atoms with van der Waals surface area (Å²) in [5.41, 5.74) is 1.96. The zero-order valence-corrected chi connectivity index (χ0v) is 19.2. The molecule has 0 fully saturated rings. The van der Waals surface area contributed by atoms with Gasteiger partial charge in [0.15, 0.2) is 0 Å². The van der Waals surface area contributed by atoms with Crippen molar-refractivity contribution in [3.63, 3.8) is 0 Å². The normalized spacial score (nSPS) is 11.5. The molecule has 2 heterocycles. The predicted molar refractivity (Wildman–Crippen MR) is 126 cm³/mol. The molecule has 0 spiro atoms. The number of anilines is 1. The molecule has 2 aromatic heterocycles. The van der Waals surface area contributed by atoms with E-state index in [1.165, 1.54) is 42.0 Å². The van der Waals surface area contributed by atoms with Crippen molar-refractivity contribution in [1.82, 2.24) is 10.3 Å². The number of benzene rings is 2. The van der Waals surface area contributed by atoms with Gasteiger partial charge in [-0.05, 0) is 55.3 Å². The van der Waals surface area contributed by atoms with Crippen molar-refractivity contribution in [2.75, 3.05) is 11.4 Å². The van der Waals surface area contributed by atoms with E-state index in [4.69, 9.17) is 4.42 Å². The fourth-order valence-corrected chi connectivity index (χ4v) is 5.13. The van der Waals surface area contributed by atoms with Crippen LogP contribution in [-0.2, 0) is 16.6 Å². The Balaban J connectivity index is 1.71. The molecule has 1 amide bonds. The van der Waals surface area contributed by atoms with Crippen LogP contribution in [0.25, 0.3) is 10.9 Å². The molecule has 2 aromatic carbocycles. The average Bonchev–Trinajstić information content (AvgIpc) is 3.31. The maximum Gasteiger partial charge on any atom is 0.264 e. The number of sulfonamides is 1. The van der Waals surface area contributed by atoms with Crippen LogP contribution in [0, 0.1) is 13.8 Å². The second-order valence-electron chi connectivity index (χ2n) is 7.71. The highest BCUT2D eigenvalue weighted by Crippen LogP contribution is 2.29. The first-order valence-electron chi connectivity index (χ1n) is 10.2. The molecule has 0 radical (unpaired) electrons. The molecule has 0 aliphatic carbocycles. The minimum Gasteiger partial charge on any atom is -0.467 e. The summed E-state index contributed by atoms with van der Waals surface area (Å²) in [6.07, 6.45) is 2.81. The van der Waals surface area contributed by atoms with Gasteiger partial charge >= 0.3 is 0 Å². The van der Waals surface area contributed by atoms with E-state index < -0.39 is 21.4 Å². The average molecular weight is 466 g/mol. The first-order valence-corrected chi connectivity index (χ1v) is 11.7. The van der Waals surface area contributed by atoms with Crippen LogP contribution >= 0.6 is 0 Å². The lowest BCUT2D eigenvalue weighted by molar-refractivity contribution is 0.0947. The van der Waals surface area contributed by atoms with Crippen molar-refractivity contribution < 1.29 is 17.6 Å². The standard InChI is InChI=1S/C24H23N3O5S/c1-15-6-4-7-16(2)22(15)27(3)33(30,31)18-9-10-21-19(12-18)23(28)20(14-25-21)24(29)26-13-17-8-5-11-32-17/h4-12,14H,13H2,1-3H3,(H,25,28)(H,26,29). The number of aromatic nitrogens is 1. The molecule has 33 heavy (non-hydrogen) atoms. The van der Waals surface area contributed by atoms with Crippen LogP contribution in [0.4, 0.5) is 5.69 Å².